The lowest BCUT2D eigenvalue weighted by Crippen LogP contribution is -2.23. The summed E-state index contributed by atoms with van der Waals surface area (Å²) in [6, 6.07) is 9.69. The van der Waals surface area contributed by atoms with Crippen molar-refractivity contribution < 1.29 is 19.0 Å². The van der Waals surface area contributed by atoms with Crippen molar-refractivity contribution in [1.82, 2.24) is 4.90 Å². The average Bonchev–Trinajstić information content (AvgIpc) is 3.05. The van der Waals surface area contributed by atoms with Crippen LogP contribution in [0, 0.1) is 6.92 Å². The normalized spacial score (nSPS) is 17.7. The van der Waals surface area contributed by atoms with Crippen LogP contribution in [0.2, 0.25) is 0 Å². The lowest BCUT2D eigenvalue weighted by Gasteiger charge is -2.24. The van der Waals surface area contributed by atoms with E-state index >= 15 is 0 Å². The van der Waals surface area contributed by atoms with E-state index < -0.39 is 0 Å². The molecule has 0 saturated heterocycles. The molecular weight excluding hydrogens is 366 g/mol. The van der Waals surface area contributed by atoms with Crippen molar-refractivity contribution in [3.8, 4) is 17.2 Å². The van der Waals surface area contributed by atoms with Gasteiger partial charge in [-0.3, -0.25) is 4.79 Å². The van der Waals surface area contributed by atoms with Crippen LogP contribution in [0.5, 0.6) is 17.2 Å². The largest absolute Gasteiger partial charge is 0.496 e. The highest BCUT2D eigenvalue weighted by Crippen LogP contribution is 2.49. The third-order valence-corrected chi connectivity index (χ3v) is 5.52. The first-order valence-corrected chi connectivity index (χ1v) is 9.70. The Bertz CT molecular complexity index is 1040. The van der Waals surface area contributed by atoms with Gasteiger partial charge in [0.25, 0.3) is 0 Å². The van der Waals surface area contributed by atoms with E-state index in [2.05, 4.69) is 18.0 Å². The number of hydrogen-bond donors (Lipinski definition) is 0. The Morgan fingerprint density at radius 1 is 1.10 bits per heavy atom. The summed E-state index contributed by atoms with van der Waals surface area (Å²) in [7, 11) is 5.27. The van der Waals surface area contributed by atoms with Crippen LogP contribution in [0.3, 0.4) is 0 Å². The second-order valence-corrected chi connectivity index (χ2v) is 7.40. The van der Waals surface area contributed by atoms with Gasteiger partial charge in [-0.2, -0.15) is 0 Å². The number of carbonyl (C=O) groups excluding carboxylic acids is 1. The molecule has 0 atom stereocenters. The molecule has 0 unspecified atom stereocenters. The first kappa shape index (κ1) is 19.3. The van der Waals surface area contributed by atoms with Crippen molar-refractivity contribution >= 4 is 17.4 Å². The summed E-state index contributed by atoms with van der Waals surface area (Å²) < 4.78 is 17.3. The van der Waals surface area contributed by atoms with Gasteiger partial charge in [-0.1, -0.05) is 30.3 Å². The van der Waals surface area contributed by atoms with E-state index in [1.807, 2.05) is 31.2 Å². The number of ether oxygens (including phenoxy) is 3. The maximum atomic E-state index is 13.2. The fourth-order valence-corrected chi connectivity index (χ4v) is 3.82. The number of benzene rings is 2. The molecule has 0 amide bonds. The summed E-state index contributed by atoms with van der Waals surface area (Å²) >= 11 is 0. The Labute approximate surface area is 171 Å². The van der Waals surface area contributed by atoms with Gasteiger partial charge >= 0.3 is 0 Å². The molecule has 0 bridgehead atoms. The third-order valence-electron chi connectivity index (χ3n) is 5.52. The fourth-order valence-electron chi connectivity index (χ4n) is 3.82. The van der Waals surface area contributed by atoms with Crippen LogP contribution in [0.15, 0.2) is 42.2 Å². The number of allylic oxidation sites excluding steroid dienone is 1. The molecule has 0 N–H and O–H groups in total. The van der Waals surface area contributed by atoms with E-state index in [9.17, 15) is 4.79 Å². The Morgan fingerprint density at radius 3 is 2.48 bits per heavy atom. The Kier molecular flexibility index (Phi) is 5.16. The van der Waals surface area contributed by atoms with Crippen LogP contribution in [0.4, 0.5) is 0 Å². The van der Waals surface area contributed by atoms with Crippen molar-refractivity contribution in [1.29, 1.82) is 0 Å². The quantitative estimate of drug-likeness (QED) is 0.726. The molecule has 2 aromatic carbocycles. The van der Waals surface area contributed by atoms with Crippen LogP contribution in [-0.2, 0) is 0 Å². The minimum absolute atomic E-state index is 0.169. The summed E-state index contributed by atoms with van der Waals surface area (Å²) in [6.07, 6.45) is 4.83. The van der Waals surface area contributed by atoms with E-state index in [0.717, 1.165) is 41.8 Å². The van der Waals surface area contributed by atoms with E-state index in [4.69, 9.17) is 14.2 Å². The summed E-state index contributed by atoms with van der Waals surface area (Å²) in [5.41, 5.74) is 4.47. The lowest BCUT2D eigenvalue weighted by atomic mass is 9.94. The lowest BCUT2D eigenvalue weighted by molar-refractivity contribution is 0.101. The molecular formula is C24H25NO4. The van der Waals surface area contributed by atoms with Crippen molar-refractivity contribution in [2.24, 2.45) is 0 Å². The Hall–Kier alpha value is -3.05. The van der Waals surface area contributed by atoms with E-state index in [1.165, 1.54) is 0 Å². The van der Waals surface area contributed by atoms with Gasteiger partial charge < -0.3 is 19.1 Å². The molecule has 0 fully saturated rings. The maximum Gasteiger partial charge on any atom is 0.235 e. The van der Waals surface area contributed by atoms with Crippen LogP contribution < -0.4 is 14.2 Å². The minimum atomic E-state index is -0.169. The van der Waals surface area contributed by atoms with Crippen molar-refractivity contribution in [3.05, 3.63) is 64.4 Å². The van der Waals surface area contributed by atoms with Crippen LogP contribution in [-0.4, -0.2) is 45.0 Å². The summed E-state index contributed by atoms with van der Waals surface area (Å²) in [6.45, 7) is 3.80. The molecule has 0 saturated carbocycles. The topological polar surface area (TPSA) is 48.0 Å². The second-order valence-electron chi connectivity index (χ2n) is 7.40. The van der Waals surface area contributed by atoms with Gasteiger partial charge in [-0.05, 0) is 43.2 Å². The SMILES string of the molecule is COc1cc(OC)c(C2=CCN(C)CC2)c2c1C(=O)/C(=C/c1ccccc1C)O2. The summed E-state index contributed by atoms with van der Waals surface area (Å²) in [5, 5.41) is 0. The van der Waals surface area contributed by atoms with E-state index in [0.29, 0.717) is 28.6 Å². The molecule has 4 rings (SSSR count). The van der Waals surface area contributed by atoms with Crippen molar-refractivity contribution in [2.75, 3.05) is 34.4 Å². The zero-order valence-corrected chi connectivity index (χ0v) is 17.2. The highest BCUT2D eigenvalue weighted by Gasteiger charge is 2.36. The van der Waals surface area contributed by atoms with Crippen LogP contribution >= 0.6 is 0 Å². The molecule has 150 valence electrons. The second kappa shape index (κ2) is 7.76. The average molecular weight is 391 g/mol. The molecule has 5 nitrogen and oxygen atoms in total. The van der Waals surface area contributed by atoms with Crippen LogP contribution in [0.25, 0.3) is 11.6 Å². The first-order valence-electron chi connectivity index (χ1n) is 9.70. The number of methoxy groups -OCH3 is 2. The summed E-state index contributed by atoms with van der Waals surface area (Å²) in [4.78, 5) is 15.5. The number of likely N-dealkylation sites (N-methyl/N-ethyl adjacent to an activating group) is 1. The van der Waals surface area contributed by atoms with Gasteiger partial charge in [0, 0.05) is 19.2 Å². The molecule has 2 aliphatic rings. The zero-order chi connectivity index (χ0) is 20.5. The van der Waals surface area contributed by atoms with Gasteiger partial charge in [0.2, 0.25) is 5.78 Å². The predicted octanol–water partition coefficient (Wildman–Crippen LogP) is 4.35. The number of nitrogens with zero attached hydrogens (tertiary/aromatic N) is 1. The van der Waals surface area contributed by atoms with Gasteiger partial charge in [-0.15, -0.1) is 0 Å². The third kappa shape index (κ3) is 3.42. The van der Waals surface area contributed by atoms with Gasteiger partial charge in [0.05, 0.1) is 19.8 Å². The molecule has 0 radical (unpaired) electrons. The number of fused-ring (bicyclic) bond motifs is 1. The number of rotatable bonds is 4. The fraction of sp³-hybridized carbons (Fsp3) is 0.292. The predicted molar refractivity (Wildman–Crippen MR) is 114 cm³/mol. The van der Waals surface area contributed by atoms with E-state index in [1.54, 1.807) is 26.4 Å². The molecule has 2 aliphatic heterocycles. The smallest absolute Gasteiger partial charge is 0.235 e. The van der Waals surface area contributed by atoms with E-state index in [-0.39, 0.29) is 5.78 Å². The van der Waals surface area contributed by atoms with Gasteiger partial charge in [0.1, 0.15) is 17.1 Å². The number of aryl methyl sites for hydroxylation is 1. The van der Waals surface area contributed by atoms with Crippen molar-refractivity contribution in [3.63, 3.8) is 0 Å². The van der Waals surface area contributed by atoms with Gasteiger partial charge in [-0.25, -0.2) is 0 Å². The van der Waals surface area contributed by atoms with Crippen molar-refractivity contribution in [2.45, 2.75) is 13.3 Å². The standard InChI is InChI=1S/C24H25NO4/c1-15-7-5-6-8-17(15)13-20-23(26)22-19(28-4)14-18(27-3)21(24(22)29-20)16-9-11-25(2)12-10-16/h5-9,13-14H,10-12H2,1-4H3/b20-13-. The minimum Gasteiger partial charge on any atom is -0.496 e. The highest BCUT2D eigenvalue weighted by molar-refractivity contribution is 6.17. The molecule has 0 spiro atoms. The summed E-state index contributed by atoms with van der Waals surface area (Å²) in [5.74, 6) is 1.78. The number of ketones is 1. The maximum absolute atomic E-state index is 13.2. The molecule has 2 aromatic rings. The molecule has 29 heavy (non-hydrogen) atoms. The first-order chi connectivity index (χ1) is 14.0. The Morgan fingerprint density at radius 2 is 1.83 bits per heavy atom. The van der Waals surface area contributed by atoms with Crippen LogP contribution in [0.1, 0.15) is 33.5 Å². The number of carbonyl (C=O) groups is 1. The zero-order valence-electron chi connectivity index (χ0n) is 17.2. The Balaban J connectivity index is 1.87. The number of Topliss-reactive ketones (excluding diaryl/α,β-unsaturated/α-hetero) is 1. The highest BCUT2D eigenvalue weighted by atomic mass is 16.5. The van der Waals surface area contributed by atoms with Gasteiger partial charge in [0.15, 0.2) is 11.5 Å². The number of hydrogen-bond acceptors (Lipinski definition) is 5. The monoisotopic (exact) mass is 391 g/mol. The molecule has 0 aromatic heterocycles. The molecule has 0 aliphatic carbocycles. The molecule has 2 heterocycles. The molecule has 5 heteroatoms.